The molecule has 12 heavy (non-hydrogen) atoms. The summed E-state index contributed by atoms with van der Waals surface area (Å²) in [6.45, 7) is 2.00. The second kappa shape index (κ2) is 2.68. The normalized spacial score (nSPS) is 11.8. The number of rotatable bonds is 1. The standard InChI is InChI=1S/C6H7N4OP/c1-12-10-3-9-4-5(10)7-2-8-6(4)11/h2-3,12H,1H3,(H,7,8,11). The number of fused-ring (bicyclic) bond motifs is 1. The van der Waals surface area contributed by atoms with Crippen LogP contribution < -0.4 is 5.56 Å². The van der Waals surface area contributed by atoms with Gasteiger partial charge in [-0.3, -0.25) is 9.13 Å². The molecule has 1 N–H and O–H groups in total. The third-order valence-corrected chi connectivity index (χ3v) is 2.39. The molecule has 0 aliphatic rings. The van der Waals surface area contributed by atoms with Crippen LogP contribution in [-0.2, 0) is 0 Å². The molecule has 0 aliphatic carbocycles. The van der Waals surface area contributed by atoms with Crippen molar-refractivity contribution in [2.24, 2.45) is 0 Å². The summed E-state index contributed by atoms with van der Waals surface area (Å²) in [6.07, 6.45) is 3.02. The van der Waals surface area contributed by atoms with Crippen LogP contribution in [0, 0.1) is 0 Å². The van der Waals surface area contributed by atoms with Crippen LogP contribution in [0.25, 0.3) is 11.2 Å². The molecule has 0 aromatic carbocycles. The van der Waals surface area contributed by atoms with E-state index in [4.69, 9.17) is 0 Å². The van der Waals surface area contributed by atoms with E-state index in [2.05, 4.69) is 15.0 Å². The first-order valence-electron chi connectivity index (χ1n) is 3.41. The van der Waals surface area contributed by atoms with Gasteiger partial charge in [0.05, 0.1) is 6.33 Å². The number of hydrogen-bond acceptors (Lipinski definition) is 3. The van der Waals surface area contributed by atoms with Gasteiger partial charge in [0.2, 0.25) is 0 Å². The molecule has 6 heteroatoms. The van der Waals surface area contributed by atoms with Crippen molar-refractivity contribution in [2.45, 2.75) is 0 Å². The van der Waals surface area contributed by atoms with Crippen molar-refractivity contribution < 1.29 is 0 Å². The fourth-order valence-corrected chi connectivity index (χ4v) is 1.56. The Bertz CT molecular complexity index is 460. The van der Waals surface area contributed by atoms with E-state index in [1.54, 1.807) is 6.33 Å². The van der Waals surface area contributed by atoms with Crippen LogP contribution in [0.15, 0.2) is 17.4 Å². The second-order valence-electron chi connectivity index (χ2n) is 2.24. The molecule has 0 spiro atoms. The largest absolute Gasteiger partial charge is 0.311 e. The molecule has 2 aromatic heterocycles. The Morgan fingerprint density at radius 2 is 2.42 bits per heavy atom. The molecule has 0 radical (unpaired) electrons. The molecule has 5 nitrogen and oxygen atoms in total. The molecule has 62 valence electrons. The highest BCUT2D eigenvalue weighted by Gasteiger charge is 2.04. The minimum Gasteiger partial charge on any atom is -0.311 e. The van der Waals surface area contributed by atoms with Crippen LogP contribution >= 0.6 is 8.73 Å². The number of H-pyrrole nitrogens is 1. The Labute approximate surface area is 69.7 Å². The van der Waals surface area contributed by atoms with Crippen LogP contribution in [0.4, 0.5) is 0 Å². The van der Waals surface area contributed by atoms with Crippen LogP contribution in [-0.4, -0.2) is 26.0 Å². The van der Waals surface area contributed by atoms with Crippen molar-refractivity contribution in [1.29, 1.82) is 0 Å². The highest BCUT2D eigenvalue weighted by atomic mass is 31.1. The van der Waals surface area contributed by atoms with E-state index in [0.29, 0.717) is 19.9 Å². The zero-order valence-corrected chi connectivity index (χ0v) is 7.40. The maximum atomic E-state index is 11.1. The highest BCUT2D eigenvalue weighted by Crippen LogP contribution is 2.14. The lowest BCUT2D eigenvalue weighted by Gasteiger charge is -1.94. The molecule has 1 unspecified atom stereocenters. The molecule has 2 rings (SSSR count). The molecular weight excluding hydrogens is 175 g/mol. The quantitative estimate of drug-likeness (QED) is 0.640. The fraction of sp³-hybridized carbons (Fsp3) is 0.167. The molecule has 2 aromatic rings. The van der Waals surface area contributed by atoms with E-state index < -0.39 is 0 Å². The number of aromatic nitrogens is 4. The lowest BCUT2D eigenvalue weighted by atomic mass is 10.6. The predicted octanol–water partition coefficient (Wildman–Crippen LogP) is 0.191. The summed E-state index contributed by atoms with van der Waals surface area (Å²) in [5, 5.41) is 0. The Hall–Kier alpha value is -1.22. The first-order valence-corrected chi connectivity index (χ1v) is 4.86. The predicted molar refractivity (Wildman–Crippen MR) is 47.8 cm³/mol. The Morgan fingerprint density at radius 1 is 1.58 bits per heavy atom. The average molecular weight is 182 g/mol. The van der Waals surface area contributed by atoms with Gasteiger partial charge in [-0.2, -0.15) is 0 Å². The topological polar surface area (TPSA) is 63.6 Å². The van der Waals surface area contributed by atoms with Crippen LogP contribution in [0.1, 0.15) is 0 Å². The second-order valence-corrected chi connectivity index (χ2v) is 3.17. The average Bonchev–Trinajstić information content (AvgIpc) is 2.49. The van der Waals surface area contributed by atoms with Gasteiger partial charge < -0.3 is 4.98 Å². The van der Waals surface area contributed by atoms with Gasteiger partial charge >= 0.3 is 0 Å². The summed E-state index contributed by atoms with van der Waals surface area (Å²) in [5.41, 5.74) is 0.878. The summed E-state index contributed by atoms with van der Waals surface area (Å²) in [7, 11) is 0.544. The van der Waals surface area contributed by atoms with Crippen LogP contribution in [0.2, 0.25) is 0 Å². The van der Waals surface area contributed by atoms with E-state index in [0.717, 1.165) is 0 Å². The van der Waals surface area contributed by atoms with Crippen molar-refractivity contribution >= 4 is 19.9 Å². The number of nitrogens with zero attached hydrogens (tertiary/aromatic N) is 3. The number of hydrogen-bond donors (Lipinski definition) is 1. The maximum absolute atomic E-state index is 11.1. The van der Waals surface area contributed by atoms with Gasteiger partial charge in [0.1, 0.15) is 6.33 Å². The first-order chi connectivity index (χ1) is 5.83. The van der Waals surface area contributed by atoms with E-state index in [9.17, 15) is 4.79 Å². The molecule has 0 bridgehead atoms. The van der Waals surface area contributed by atoms with Crippen molar-refractivity contribution in [3.05, 3.63) is 23.0 Å². The third kappa shape index (κ3) is 0.940. The van der Waals surface area contributed by atoms with E-state index in [1.807, 2.05) is 11.0 Å². The Morgan fingerprint density at radius 3 is 3.17 bits per heavy atom. The molecule has 0 amide bonds. The number of imidazole rings is 1. The van der Waals surface area contributed by atoms with Crippen molar-refractivity contribution in [3.8, 4) is 0 Å². The molecule has 0 fully saturated rings. The van der Waals surface area contributed by atoms with E-state index in [-0.39, 0.29) is 5.56 Å². The first kappa shape index (κ1) is 7.43. The van der Waals surface area contributed by atoms with Gasteiger partial charge in [0.25, 0.3) is 5.56 Å². The molecule has 0 saturated carbocycles. The number of aromatic amines is 1. The van der Waals surface area contributed by atoms with Gasteiger partial charge in [-0.1, -0.05) is 0 Å². The SMILES string of the molecule is CPn1cnc2c(=O)[nH]cnc21. The lowest BCUT2D eigenvalue weighted by molar-refractivity contribution is 1.14. The summed E-state index contributed by atoms with van der Waals surface area (Å²) < 4.78 is 1.85. The summed E-state index contributed by atoms with van der Waals surface area (Å²) in [5.74, 6) is 0. The monoisotopic (exact) mass is 182 g/mol. The van der Waals surface area contributed by atoms with Gasteiger partial charge in [-0.25, -0.2) is 9.97 Å². The molecular formula is C6H7N4OP. The van der Waals surface area contributed by atoms with Gasteiger partial charge in [-0.15, -0.1) is 0 Å². The summed E-state index contributed by atoms with van der Waals surface area (Å²) >= 11 is 0. The van der Waals surface area contributed by atoms with E-state index in [1.165, 1.54) is 6.33 Å². The molecule has 0 aliphatic heterocycles. The smallest absolute Gasteiger partial charge is 0.278 e. The minimum atomic E-state index is -0.183. The Kier molecular flexibility index (Phi) is 1.66. The Balaban J connectivity index is 2.89. The molecule has 0 saturated heterocycles. The third-order valence-electron chi connectivity index (χ3n) is 1.58. The van der Waals surface area contributed by atoms with Crippen molar-refractivity contribution in [3.63, 3.8) is 0 Å². The van der Waals surface area contributed by atoms with Gasteiger partial charge in [0, 0.05) is 0 Å². The van der Waals surface area contributed by atoms with Crippen LogP contribution in [0.3, 0.4) is 0 Å². The highest BCUT2D eigenvalue weighted by molar-refractivity contribution is 7.35. The van der Waals surface area contributed by atoms with Crippen molar-refractivity contribution in [2.75, 3.05) is 6.66 Å². The maximum Gasteiger partial charge on any atom is 0.278 e. The zero-order valence-electron chi connectivity index (χ0n) is 6.40. The van der Waals surface area contributed by atoms with Crippen LogP contribution in [0.5, 0.6) is 0 Å². The lowest BCUT2D eigenvalue weighted by Crippen LogP contribution is -2.06. The summed E-state index contributed by atoms with van der Waals surface area (Å²) in [6, 6.07) is 0. The van der Waals surface area contributed by atoms with E-state index >= 15 is 0 Å². The zero-order chi connectivity index (χ0) is 8.55. The van der Waals surface area contributed by atoms with Crippen molar-refractivity contribution in [1.82, 2.24) is 19.3 Å². The molecule has 1 atom stereocenters. The van der Waals surface area contributed by atoms with Gasteiger partial charge in [0.15, 0.2) is 11.2 Å². The number of nitrogens with one attached hydrogen (secondary N) is 1. The molecule has 2 heterocycles. The van der Waals surface area contributed by atoms with Gasteiger partial charge in [-0.05, 0) is 15.4 Å². The minimum absolute atomic E-state index is 0.183. The summed E-state index contributed by atoms with van der Waals surface area (Å²) in [4.78, 5) is 21.6. The fourth-order valence-electron chi connectivity index (χ4n) is 1.01.